The van der Waals surface area contributed by atoms with Gasteiger partial charge in [-0.25, -0.2) is 0 Å². The minimum absolute atomic E-state index is 0.0168. The summed E-state index contributed by atoms with van der Waals surface area (Å²) in [6, 6.07) is 0. The van der Waals surface area contributed by atoms with Crippen molar-refractivity contribution in [2.24, 2.45) is 11.5 Å². The van der Waals surface area contributed by atoms with Crippen molar-refractivity contribution in [2.75, 3.05) is 13.2 Å². The number of hydrogen-bond donors (Lipinski definition) is 2. The number of carbonyl (C=O) groups is 1. The maximum absolute atomic E-state index is 10.3. The van der Waals surface area contributed by atoms with Crippen molar-refractivity contribution in [1.82, 2.24) is 0 Å². The van der Waals surface area contributed by atoms with Gasteiger partial charge in [-0.15, -0.1) is 0 Å². The van der Waals surface area contributed by atoms with E-state index < -0.39 is 5.91 Å². The molecule has 0 aromatic carbocycles. The lowest BCUT2D eigenvalue weighted by atomic mass is 10.1. The monoisotopic (exact) mass is 188 g/mol. The highest BCUT2D eigenvalue weighted by atomic mass is 16.5. The SMILES string of the molecule is NC(=O)COCC1CCCC(N)O1. The van der Waals surface area contributed by atoms with Crippen molar-refractivity contribution in [3.8, 4) is 0 Å². The van der Waals surface area contributed by atoms with Crippen molar-refractivity contribution in [2.45, 2.75) is 31.6 Å². The van der Waals surface area contributed by atoms with E-state index in [2.05, 4.69) is 0 Å². The summed E-state index contributed by atoms with van der Waals surface area (Å²) in [6.07, 6.45) is 2.71. The number of rotatable bonds is 4. The fourth-order valence-corrected chi connectivity index (χ4v) is 1.34. The van der Waals surface area contributed by atoms with Gasteiger partial charge in [0.15, 0.2) is 0 Å². The van der Waals surface area contributed by atoms with E-state index in [1.807, 2.05) is 0 Å². The fourth-order valence-electron chi connectivity index (χ4n) is 1.34. The third-order valence-corrected chi connectivity index (χ3v) is 1.93. The number of hydrogen-bond acceptors (Lipinski definition) is 4. The summed E-state index contributed by atoms with van der Waals surface area (Å²) in [6.45, 7) is 0.353. The van der Waals surface area contributed by atoms with E-state index in [9.17, 15) is 4.79 Å². The van der Waals surface area contributed by atoms with Crippen LogP contribution in [0.3, 0.4) is 0 Å². The molecule has 76 valence electrons. The van der Waals surface area contributed by atoms with Gasteiger partial charge in [-0.3, -0.25) is 4.79 Å². The molecule has 2 unspecified atom stereocenters. The van der Waals surface area contributed by atoms with E-state index in [0.29, 0.717) is 6.61 Å². The van der Waals surface area contributed by atoms with Crippen molar-refractivity contribution >= 4 is 5.91 Å². The minimum atomic E-state index is -0.458. The molecule has 0 saturated carbocycles. The lowest BCUT2D eigenvalue weighted by molar-refractivity contribution is -0.126. The predicted octanol–water partition coefficient (Wildman–Crippen LogP) is -0.658. The highest BCUT2D eigenvalue weighted by Crippen LogP contribution is 2.15. The van der Waals surface area contributed by atoms with Crippen LogP contribution in [0.25, 0.3) is 0 Å². The number of primary amides is 1. The van der Waals surface area contributed by atoms with Crippen LogP contribution in [0.5, 0.6) is 0 Å². The molecule has 1 aliphatic heterocycles. The van der Waals surface area contributed by atoms with E-state index >= 15 is 0 Å². The molecule has 0 aliphatic carbocycles. The summed E-state index contributed by atoms with van der Waals surface area (Å²) >= 11 is 0. The largest absolute Gasteiger partial charge is 0.369 e. The molecule has 1 fully saturated rings. The molecule has 2 atom stereocenters. The molecule has 0 radical (unpaired) electrons. The molecule has 5 heteroatoms. The summed E-state index contributed by atoms with van der Waals surface area (Å²) < 4.78 is 10.4. The second-order valence-corrected chi connectivity index (χ2v) is 3.21. The van der Waals surface area contributed by atoms with Crippen molar-refractivity contribution < 1.29 is 14.3 Å². The van der Waals surface area contributed by atoms with E-state index in [1.165, 1.54) is 0 Å². The minimum Gasteiger partial charge on any atom is -0.369 e. The van der Waals surface area contributed by atoms with E-state index in [4.69, 9.17) is 20.9 Å². The first-order valence-corrected chi connectivity index (χ1v) is 4.45. The Bertz CT molecular complexity index is 175. The van der Waals surface area contributed by atoms with Crippen LogP contribution in [0.2, 0.25) is 0 Å². The zero-order valence-corrected chi connectivity index (χ0v) is 7.57. The first-order chi connectivity index (χ1) is 6.18. The number of ether oxygens (including phenoxy) is 2. The molecular weight excluding hydrogens is 172 g/mol. The highest BCUT2D eigenvalue weighted by molar-refractivity contribution is 5.74. The molecule has 1 aliphatic rings. The Kier molecular flexibility index (Phi) is 4.14. The first kappa shape index (κ1) is 10.4. The Morgan fingerprint density at radius 1 is 1.54 bits per heavy atom. The predicted molar refractivity (Wildman–Crippen MR) is 46.7 cm³/mol. The molecule has 1 heterocycles. The molecule has 0 aromatic heterocycles. The summed E-state index contributed by atoms with van der Waals surface area (Å²) in [5.74, 6) is -0.458. The summed E-state index contributed by atoms with van der Waals surface area (Å²) in [7, 11) is 0. The molecule has 1 rings (SSSR count). The molecule has 0 bridgehead atoms. The molecular formula is C8H16N2O3. The van der Waals surface area contributed by atoms with Gasteiger partial charge in [0.25, 0.3) is 0 Å². The molecule has 13 heavy (non-hydrogen) atoms. The van der Waals surface area contributed by atoms with Crippen LogP contribution in [-0.2, 0) is 14.3 Å². The van der Waals surface area contributed by atoms with Crippen molar-refractivity contribution in [3.63, 3.8) is 0 Å². The van der Waals surface area contributed by atoms with Gasteiger partial charge in [-0.2, -0.15) is 0 Å². The van der Waals surface area contributed by atoms with E-state index in [0.717, 1.165) is 19.3 Å². The van der Waals surface area contributed by atoms with E-state index in [-0.39, 0.29) is 18.9 Å². The lowest BCUT2D eigenvalue weighted by Crippen LogP contribution is -2.36. The smallest absolute Gasteiger partial charge is 0.243 e. The highest BCUT2D eigenvalue weighted by Gasteiger charge is 2.19. The molecule has 0 spiro atoms. The van der Waals surface area contributed by atoms with Crippen LogP contribution >= 0.6 is 0 Å². The van der Waals surface area contributed by atoms with Crippen molar-refractivity contribution in [3.05, 3.63) is 0 Å². The van der Waals surface area contributed by atoms with Crippen LogP contribution in [0.4, 0.5) is 0 Å². The Labute approximate surface area is 77.4 Å². The third-order valence-electron chi connectivity index (χ3n) is 1.93. The van der Waals surface area contributed by atoms with Gasteiger partial charge >= 0.3 is 0 Å². The number of carbonyl (C=O) groups excluding carboxylic acids is 1. The molecule has 5 nitrogen and oxygen atoms in total. The van der Waals surface area contributed by atoms with Crippen LogP contribution in [0.15, 0.2) is 0 Å². The quantitative estimate of drug-likeness (QED) is 0.613. The Morgan fingerprint density at radius 2 is 2.31 bits per heavy atom. The fraction of sp³-hybridized carbons (Fsp3) is 0.875. The molecule has 0 aromatic rings. The maximum Gasteiger partial charge on any atom is 0.243 e. The van der Waals surface area contributed by atoms with Crippen LogP contribution in [0.1, 0.15) is 19.3 Å². The van der Waals surface area contributed by atoms with Gasteiger partial charge in [0.1, 0.15) is 12.8 Å². The first-order valence-electron chi connectivity index (χ1n) is 4.45. The Morgan fingerprint density at radius 3 is 2.92 bits per heavy atom. The zero-order valence-electron chi connectivity index (χ0n) is 7.57. The van der Waals surface area contributed by atoms with Gasteiger partial charge in [0, 0.05) is 0 Å². The topological polar surface area (TPSA) is 87.6 Å². The van der Waals surface area contributed by atoms with Gasteiger partial charge in [-0.05, 0) is 19.3 Å². The zero-order chi connectivity index (χ0) is 9.68. The average molecular weight is 188 g/mol. The molecule has 4 N–H and O–H groups in total. The van der Waals surface area contributed by atoms with Gasteiger partial charge in [-0.1, -0.05) is 0 Å². The number of amides is 1. The van der Waals surface area contributed by atoms with Gasteiger partial charge in [0.05, 0.1) is 12.7 Å². The van der Waals surface area contributed by atoms with Crippen LogP contribution in [-0.4, -0.2) is 31.5 Å². The second-order valence-electron chi connectivity index (χ2n) is 3.21. The molecule has 1 amide bonds. The summed E-state index contributed by atoms with van der Waals surface area (Å²) in [4.78, 5) is 10.3. The summed E-state index contributed by atoms with van der Waals surface area (Å²) in [5.41, 5.74) is 10.5. The van der Waals surface area contributed by atoms with Crippen LogP contribution in [0, 0.1) is 0 Å². The van der Waals surface area contributed by atoms with E-state index in [1.54, 1.807) is 0 Å². The summed E-state index contributed by atoms with van der Waals surface area (Å²) in [5, 5.41) is 0. The Hall–Kier alpha value is -0.650. The van der Waals surface area contributed by atoms with Gasteiger partial charge < -0.3 is 20.9 Å². The van der Waals surface area contributed by atoms with Crippen LogP contribution < -0.4 is 11.5 Å². The van der Waals surface area contributed by atoms with Crippen molar-refractivity contribution in [1.29, 1.82) is 0 Å². The average Bonchev–Trinajstić information content (AvgIpc) is 2.03. The van der Waals surface area contributed by atoms with Gasteiger partial charge in [0.2, 0.25) is 5.91 Å². The normalized spacial score (nSPS) is 28.7. The number of nitrogens with two attached hydrogens (primary N) is 2. The Balaban J connectivity index is 2.10. The second kappa shape index (κ2) is 5.16. The third kappa shape index (κ3) is 4.21. The standard InChI is InChI=1S/C8H16N2O3/c9-7(11)5-12-4-6-2-1-3-8(10)13-6/h6,8H,1-5,10H2,(H2,9,11). The molecule has 1 saturated heterocycles. The lowest BCUT2D eigenvalue weighted by Gasteiger charge is -2.27. The maximum atomic E-state index is 10.3.